The van der Waals surface area contributed by atoms with Crippen LogP contribution in [0.25, 0.3) is 0 Å². The first-order valence-corrected chi connectivity index (χ1v) is 8.15. The zero-order valence-electron chi connectivity index (χ0n) is 13.4. The molecule has 0 amide bonds. The van der Waals surface area contributed by atoms with Crippen molar-refractivity contribution >= 4 is 0 Å². The summed E-state index contributed by atoms with van der Waals surface area (Å²) in [4.78, 5) is 2.17. The lowest BCUT2D eigenvalue weighted by atomic mass is 9.78. The van der Waals surface area contributed by atoms with Crippen LogP contribution in [0.3, 0.4) is 0 Å². The molecule has 4 atom stereocenters. The molecule has 0 aliphatic heterocycles. The quantitative estimate of drug-likeness (QED) is 0.887. The van der Waals surface area contributed by atoms with E-state index in [1.807, 2.05) is 26.1 Å². The van der Waals surface area contributed by atoms with E-state index >= 15 is 0 Å². The van der Waals surface area contributed by atoms with E-state index in [4.69, 9.17) is 0 Å². The summed E-state index contributed by atoms with van der Waals surface area (Å²) >= 11 is 0. The van der Waals surface area contributed by atoms with Gasteiger partial charge in [-0.05, 0) is 51.1 Å². The molecule has 1 saturated carbocycles. The van der Waals surface area contributed by atoms with E-state index in [9.17, 15) is 9.50 Å². The highest BCUT2D eigenvalue weighted by molar-refractivity contribution is 5.20. The third-order valence-electron chi connectivity index (χ3n) is 5.17. The molecule has 0 spiro atoms. The highest BCUT2D eigenvalue weighted by Gasteiger charge is 2.30. The molecule has 1 aromatic carbocycles. The first-order valence-electron chi connectivity index (χ1n) is 8.15. The molecule has 3 heteroatoms. The number of halogens is 1. The molecule has 0 heterocycles. The third-order valence-corrected chi connectivity index (χ3v) is 5.17. The average molecular weight is 293 g/mol. The fourth-order valence-electron chi connectivity index (χ4n) is 3.49. The number of benzene rings is 1. The summed E-state index contributed by atoms with van der Waals surface area (Å²) in [6.07, 6.45) is 4.12. The Kier molecular flexibility index (Phi) is 5.77. The van der Waals surface area contributed by atoms with E-state index < -0.39 is 0 Å². The van der Waals surface area contributed by atoms with Gasteiger partial charge in [-0.25, -0.2) is 4.39 Å². The van der Waals surface area contributed by atoms with Crippen molar-refractivity contribution in [2.24, 2.45) is 11.8 Å². The fraction of sp³-hybridized carbons (Fsp3) is 0.667. The maximum absolute atomic E-state index is 13.9. The smallest absolute Gasteiger partial charge is 0.127 e. The summed E-state index contributed by atoms with van der Waals surface area (Å²) in [6.45, 7) is 5.09. The van der Waals surface area contributed by atoms with Crippen molar-refractivity contribution in [3.8, 4) is 0 Å². The molecule has 118 valence electrons. The van der Waals surface area contributed by atoms with Gasteiger partial charge in [0.15, 0.2) is 0 Å². The van der Waals surface area contributed by atoms with Gasteiger partial charge in [0.25, 0.3) is 0 Å². The highest BCUT2D eigenvalue weighted by Crippen LogP contribution is 2.33. The number of hydrogen-bond acceptors (Lipinski definition) is 2. The van der Waals surface area contributed by atoms with Gasteiger partial charge < -0.3 is 5.11 Å². The first kappa shape index (κ1) is 16.4. The Morgan fingerprint density at radius 3 is 2.71 bits per heavy atom. The summed E-state index contributed by atoms with van der Waals surface area (Å²) in [7, 11) is 2.03. The standard InChI is InChI=1S/C18H28FNO/c1-4-14-9-10-18(21)15(11-14)12-20(3)13(2)16-7-5-6-8-17(16)19/h5-8,13-15,18,21H,4,9-12H2,1-3H3. The molecule has 1 aliphatic carbocycles. The number of rotatable bonds is 5. The SMILES string of the molecule is CCC1CCC(O)C(CN(C)C(C)c2ccccc2F)C1. The van der Waals surface area contributed by atoms with Crippen LogP contribution in [-0.2, 0) is 0 Å². The van der Waals surface area contributed by atoms with Crippen molar-refractivity contribution in [2.75, 3.05) is 13.6 Å². The van der Waals surface area contributed by atoms with Gasteiger partial charge in [0, 0.05) is 18.2 Å². The van der Waals surface area contributed by atoms with Crippen LogP contribution in [0.5, 0.6) is 0 Å². The van der Waals surface area contributed by atoms with Crippen LogP contribution < -0.4 is 0 Å². The molecule has 1 aliphatic rings. The zero-order chi connectivity index (χ0) is 15.4. The van der Waals surface area contributed by atoms with Crippen LogP contribution in [0.4, 0.5) is 4.39 Å². The molecule has 1 fully saturated rings. The molecule has 2 rings (SSSR count). The minimum atomic E-state index is -0.205. The van der Waals surface area contributed by atoms with Crippen molar-refractivity contribution in [3.63, 3.8) is 0 Å². The Hall–Kier alpha value is -0.930. The van der Waals surface area contributed by atoms with Crippen LogP contribution in [0.1, 0.15) is 51.1 Å². The fourth-order valence-corrected chi connectivity index (χ4v) is 3.49. The van der Waals surface area contributed by atoms with E-state index in [1.165, 1.54) is 12.5 Å². The van der Waals surface area contributed by atoms with Crippen LogP contribution in [-0.4, -0.2) is 29.7 Å². The first-order chi connectivity index (χ1) is 10.0. The summed E-state index contributed by atoms with van der Waals surface area (Å²) in [5, 5.41) is 10.2. The highest BCUT2D eigenvalue weighted by atomic mass is 19.1. The second-order valence-electron chi connectivity index (χ2n) is 6.55. The van der Waals surface area contributed by atoms with Crippen molar-refractivity contribution in [1.29, 1.82) is 0 Å². The molecule has 0 radical (unpaired) electrons. The predicted octanol–water partition coefficient (Wildman–Crippen LogP) is 4.01. The van der Waals surface area contributed by atoms with Crippen molar-refractivity contribution in [3.05, 3.63) is 35.6 Å². The van der Waals surface area contributed by atoms with Crippen LogP contribution in [0, 0.1) is 17.7 Å². The largest absolute Gasteiger partial charge is 0.393 e. The van der Waals surface area contributed by atoms with Gasteiger partial charge >= 0.3 is 0 Å². The molecule has 1 aromatic rings. The van der Waals surface area contributed by atoms with Crippen LogP contribution in [0.2, 0.25) is 0 Å². The Morgan fingerprint density at radius 1 is 1.33 bits per heavy atom. The van der Waals surface area contributed by atoms with Crippen LogP contribution >= 0.6 is 0 Å². The van der Waals surface area contributed by atoms with Gasteiger partial charge in [-0.15, -0.1) is 0 Å². The zero-order valence-corrected chi connectivity index (χ0v) is 13.4. The number of nitrogens with zero attached hydrogens (tertiary/aromatic N) is 1. The molecule has 0 bridgehead atoms. The Labute approximate surface area is 128 Å². The van der Waals surface area contributed by atoms with Crippen molar-refractivity contribution in [2.45, 2.75) is 51.7 Å². The maximum Gasteiger partial charge on any atom is 0.127 e. The molecular weight excluding hydrogens is 265 g/mol. The molecule has 2 nitrogen and oxygen atoms in total. The number of aliphatic hydroxyl groups excluding tert-OH is 1. The maximum atomic E-state index is 13.9. The molecule has 4 unspecified atom stereocenters. The number of hydrogen-bond donors (Lipinski definition) is 1. The third kappa shape index (κ3) is 4.04. The van der Waals surface area contributed by atoms with Crippen molar-refractivity contribution in [1.82, 2.24) is 4.90 Å². The molecule has 1 N–H and O–H groups in total. The molecule has 0 aromatic heterocycles. The Morgan fingerprint density at radius 2 is 2.05 bits per heavy atom. The summed E-state index contributed by atoms with van der Waals surface area (Å²) in [5.74, 6) is 0.894. The summed E-state index contributed by atoms with van der Waals surface area (Å²) in [5.41, 5.74) is 0.734. The lowest BCUT2D eigenvalue weighted by Gasteiger charge is -2.37. The lowest BCUT2D eigenvalue weighted by Crippen LogP contribution is -2.38. The second-order valence-corrected chi connectivity index (χ2v) is 6.55. The van der Waals surface area contributed by atoms with E-state index in [0.29, 0.717) is 5.92 Å². The topological polar surface area (TPSA) is 23.5 Å². The van der Waals surface area contributed by atoms with Crippen molar-refractivity contribution < 1.29 is 9.50 Å². The summed E-state index contributed by atoms with van der Waals surface area (Å²) in [6, 6.07) is 7.00. The van der Waals surface area contributed by atoms with Gasteiger partial charge in [-0.3, -0.25) is 4.90 Å². The molecule has 21 heavy (non-hydrogen) atoms. The Bertz CT molecular complexity index is 451. The Balaban J connectivity index is 2.00. The predicted molar refractivity (Wildman–Crippen MR) is 84.6 cm³/mol. The van der Waals surface area contributed by atoms with Gasteiger partial charge in [-0.2, -0.15) is 0 Å². The van der Waals surface area contributed by atoms with Gasteiger partial charge in [0.2, 0.25) is 0 Å². The minimum absolute atomic E-state index is 0.0282. The average Bonchev–Trinajstić information content (AvgIpc) is 2.49. The van der Waals surface area contributed by atoms with E-state index in [0.717, 1.165) is 37.3 Å². The van der Waals surface area contributed by atoms with Gasteiger partial charge in [-0.1, -0.05) is 31.5 Å². The lowest BCUT2D eigenvalue weighted by molar-refractivity contribution is 0.0249. The second kappa shape index (κ2) is 7.37. The van der Waals surface area contributed by atoms with Gasteiger partial charge in [0.1, 0.15) is 5.82 Å². The minimum Gasteiger partial charge on any atom is -0.393 e. The monoisotopic (exact) mass is 293 g/mol. The van der Waals surface area contributed by atoms with E-state index in [-0.39, 0.29) is 18.0 Å². The van der Waals surface area contributed by atoms with E-state index in [2.05, 4.69) is 11.8 Å². The normalized spacial score (nSPS) is 27.8. The van der Waals surface area contributed by atoms with Crippen LogP contribution in [0.15, 0.2) is 24.3 Å². The summed E-state index contributed by atoms with van der Waals surface area (Å²) < 4.78 is 13.9. The molecular formula is C18H28FNO. The van der Waals surface area contributed by atoms with Gasteiger partial charge in [0.05, 0.1) is 6.10 Å². The van der Waals surface area contributed by atoms with E-state index in [1.54, 1.807) is 6.07 Å². The number of aliphatic hydroxyl groups is 1. The molecule has 0 saturated heterocycles.